The maximum Gasteiger partial charge on any atom is 0.0361 e. The molecule has 1 heteroatoms. The molecule has 9 aromatic carbocycles. The van der Waals surface area contributed by atoms with Crippen LogP contribution >= 0.6 is 11.3 Å². The van der Waals surface area contributed by atoms with E-state index < -0.39 is 0 Å². The first kappa shape index (κ1) is 29.7. The molecule has 0 saturated heterocycles. The Kier molecular flexibility index (Phi) is 6.27. The molecule has 0 radical (unpaired) electrons. The summed E-state index contributed by atoms with van der Waals surface area (Å²) in [4.78, 5) is 0. The second-order valence-electron chi connectivity index (χ2n) is 14.9. The number of hydrogen-bond donors (Lipinski definition) is 0. The predicted molar refractivity (Wildman–Crippen MR) is 226 cm³/mol. The fourth-order valence-electron chi connectivity index (χ4n) is 9.08. The molecule has 244 valence electrons. The smallest absolute Gasteiger partial charge is 0.0361 e. The standard InChI is InChI=1S/C51H34S/c1-51(2)45-25-24-34(26-42(45)43-27-36-30-48-44(28-35(36)29-46(43)51)37-14-10-11-19-47(37)52-48)50-40-17-8-6-15-38(40)49(39-16-7-9-18-41(39)50)33-22-20-32(21-23-33)31-12-4-3-5-13-31/h3-30H,1-2H3. The van der Waals surface area contributed by atoms with Crippen LogP contribution in [0.25, 0.3) is 97.0 Å². The van der Waals surface area contributed by atoms with Gasteiger partial charge in [0.15, 0.2) is 0 Å². The van der Waals surface area contributed by atoms with Crippen LogP contribution in [-0.4, -0.2) is 0 Å². The van der Waals surface area contributed by atoms with E-state index >= 15 is 0 Å². The summed E-state index contributed by atoms with van der Waals surface area (Å²) in [7, 11) is 0. The molecule has 0 bridgehead atoms. The molecule has 0 amide bonds. The van der Waals surface area contributed by atoms with Crippen LogP contribution in [0.2, 0.25) is 0 Å². The van der Waals surface area contributed by atoms with Crippen LogP contribution in [0.4, 0.5) is 0 Å². The minimum atomic E-state index is -0.0943. The zero-order valence-corrected chi connectivity index (χ0v) is 29.9. The van der Waals surface area contributed by atoms with Gasteiger partial charge < -0.3 is 0 Å². The van der Waals surface area contributed by atoms with Crippen molar-refractivity contribution < 1.29 is 0 Å². The van der Waals surface area contributed by atoms with E-state index in [9.17, 15) is 0 Å². The summed E-state index contributed by atoms with van der Waals surface area (Å²) in [5, 5.41) is 10.5. The van der Waals surface area contributed by atoms with Gasteiger partial charge in [0.1, 0.15) is 0 Å². The van der Waals surface area contributed by atoms with E-state index in [2.05, 4.69) is 184 Å². The van der Waals surface area contributed by atoms with E-state index in [0.717, 1.165) is 0 Å². The van der Waals surface area contributed by atoms with Gasteiger partial charge in [0.2, 0.25) is 0 Å². The number of thiophene rings is 1. The number of rotatable bonds is 3. The summed E-state index contributed by atoms with van der Waals surface area (Å²) in [6, 6.07) is 63.6. The van der Waals surface area contributed by atoms with Crippen LogP contribution in [0.5, 0.6) is 0 Å². The van der Waals surface area contributed by atoms with Gasteiger partial charge in [-0.1, -0.05) is 147 Å². The van der Waals surface area contributed by atoms with Gasteiger partial charge in [-0.2, -0.15) is 0 Å². The van der Waals surface area contributed by atoms with Crippen molar-refractivity contribution in [3.8, 4) is 44.5 Å². The highest BCUT2D eigenvalue weighted by Crippen LogP contribution is 2.53. The van der Waals surface area contributed by atoms with Crippen molar-refractivity contribution >= 4 is 63.8 Å². The van der Waals surface area contributed by atoms with Gasteiger partial charge in [0.05, 0.1) is 0 Å². The Morgan fingerprint density at radius 3 is 1.56 bits per heavy atom. The molecule has 0 N–H and O–H groups in total. The molecular formula is C51H34S. The summed E-state index contributed by atoms with van der Waals surface area (Å²) in [6.07, 6.45) is 0. The van der Waals surface area contributed by atoms with E-state index in [1.165, 1.54) is 108 Å². The summed E-state index contributed by atoms with van der Waals surface area (Å²) in [6.45, 7) is 4.79. The molecule has 1 heterocycles. The van der Waals surface area contributed by atoms with Crippen molar-refractivity contribution in [2.45, 2.75) is 19.3 Å². The van der Waals surface area contributed by atoms with Gasteiger partial charge in [-0.15, -0.1) is 11.3 Å². The normalized spacial score (nSPS) is 13.3. The molecule has 0 saturated carbocycles. The van der Waals surface area contributed by atoms with Crippen molar-refractivity contribution in [3.05, 3.63) is 181 Å². The average Bonchev–Trinajstić information content (AvgIpc) is 3.65. The van der Waals surface area contributed by atoms with Gasteiger partial charge in [-0.05, 0) is 124 Å². The first-order valence-electron chi connectivity index (χ1n) is 18.2. The van der Waals surface area contributed by atoms with Gasteiger partial charge in [-0.25, -0.2) is 0 Å². The lowest BCUT2D eigenvalue weighted by atomic mass is 9.81. The highest BCUT2D eigenvalue weighted by Gasteiger charge is 2.36. The fourth-order valence-corrected chi connectivity index (χ4v) is 10.2. The third kappa shape index (κ3) is 4.27. The Hall–Kier alpha value is -6.02. The predicted octanol–water partition coefficient (Wildman–Crippen LogP) is 14.8. The van der Waals surface area contributed by atoms with Crippen LogP contribution in [0.3, 0.4) is 0 Å². The molecule has 0 aliphatic heterocycles. The Labute approximate surface area is 307 Å². The largest absolute Gasteiger partial charge is 0.135 e. The summed E-state index contributed by atoms with van der Waals surface area (Å²) < 4.78 is 2.71. The third-order valence-corrected chi connectivity index (χ3v) is 12.8. The van der Waals surface area contributed by atoms with Crippen LogP contribution in [0, 0.1) is 0 Å². The quantitative estimate of drug-likeness (QED) is 0.163. The minimum Gasteiger partial charge on any atom is -0.135 e. The molecule has 0 fully saturated rings. The molecule has 1 aromatic heterocycles. The molecule has 52 heavy (non-hydrogen) atoms. The molecule has 11 rings (SSSR count). The van der Waals surface area contributed by atoms with Crippen molar-refractivity contribution in [1.82, 2.24) is 0 Å². The van der Waals surface area contributed by atoms with Crippen LogP contribution < -0.4 is 0 Å². The summed E-state index contributed by atoms with van der Waals surface area (Å²) >= 11 is 1.90. The third-order valence-electron chi connectivity index (χ3n) is 11.6. The van der Waals surface area contributed by atoms with E-state index in [4.69, 9.17) is 0 Å². The van der Waals surface area contributed by atoms with Crippen molar-refractivity contribution in [1.29, 1.82) is 0 Å². The number of hydrogen-bond acceptors (Lipinski definition) is 1. The molecule has 0 nitrogen and oxygen atoms in total. The molecule has 10 aromatic rings. The van der Waals surface area contributed by atoms with Gasteiger partial charge in [-0.3, -0.25) is 0 Å². The van der Waals surface area contributed by atoms with Crippen LogP contribution in [0.15, 0.2) is 170 Å². The van der Waals surface area contributed by atoms with Gasteiger partial charge in [0.25, 0.3) is 0 Å². The van der Waals surface area contributed by atoms with Gasteiger partial charge in [0, 0.05) is 25.6 Å². The summed E-state index contributed by atoms with van der Waals surface area (Å²) in [5.41, 5.74) is 13.0. The van der Waals surface area contributed by atoms with E-state index in [1.54, 1.807) is 0 Å². The minimum absolute atomic E-state index is 0.0943. The van der Waals surface area contributed by atoms with Crippen molar-refractivity contribution in [2.24, 2.45) is 0 Å². The maximum atomic E-state index is 2.48. The first-order chi connectivity index (χ1) is 25.5. The lowest BCUT2D eigenvalue weighted by Crippen LogP contribution is -2.14. The zero-order chi connectivity index (χ0) is 34.6. The van der Waals surface area contributed by atoms with Crippen molar-refractivity contribution in [2.75, 3.05) is 0 Å². The molecule has 0 unspecified atom stereocenters. The number of benzene rings is 9. The lowest BCUT2D eigenvalue weighted by Gasteiger charge is -2.22. The zero-order valence-electron chi connectivity index (χ0n) is 29.1. The fraction of sp³-hybridized carbons (Fsp3) is 0.0588. The highest BCUT2D eigenvalue weighted by molar-refractivity contribution is 7.25. The molecular weight excluding hydrogens is 645 g/mol. The van der Waals surface area contributed by atoms with Crippen LogP contribution in [0.1, 0.15) is 25.0 Å². The monoisotopic (exact) mass is 678 g/mol. The van der Waals surface area contributed by atoms with E-state index in [-0.39, 0.29) is 5.41 Å². The second-order valence-corrected chi connectivity index (χ2v) is 15.9. The van der Waals surface area contributed by atoms with E-state index in [0.29, 0.717) is 0 Å². The van der Waals surface area contributed by atoms with E-state index in [1.807, 2.05) is 11.3 Å². The SMILES string of the molecule is CC1(C)c2ccc(-c3c4ccccc4c(-c4ccc(-c5ccccc5)cc4)c4ccccc34)cc2-c2cc3cc4sc5ccccc5c4cc3cc21. The Morgan fingerprint density at radius 1 is 0.346 bits per heavy atom. The summed E-state index contributed by atoms with van der Waals surface area (Å²) in [5.74, 6) is 0. The Bertz CT molecular complexity index is 3010. The second kappa shape index (κ2) is 11.0. The highest BCUT2D eigenvalue weighted by atomic mass is 32.1. The molecule has 1 aliphatic carbocycles. The van der Waals surface area contributed by atoms with Crippen LogP contribution in [-0.2, 0) is 5.41 Å². The Balaban J connectivity index is 1.11. The lowest BCUT2D eigenvalue weighted by molar-refractivity contribution is 0.661. The Morgan fingerprint density at radius 2 is 0.865 bits per heavy atom. The molecule has 0 spiro atoms. The first-order valence-corrected chi connectivity index (χ1v) is 19.0. The topological polar surface area (TPSA) is 0 Å². The average molecular weight is 679 g/mol. The van der Waals surface area contributed by atoms with Gasteiger partial charge >= 0.3 is 0 Å². The number of fused-ring (bicyclic) bond motifs is 9. The molecule has 0 atom stereocenters. The maximum absolute atomic E-state index is 2.48. The molecule has 1 aliphatic rings. The van der Waals surface area contributed by atoms with Crippen molar-refractivity contribution in [3.63, 3.8) is 0 Å².